The van der Waals surface area contributed by atoms with Crippen LogP contribution in [-0.2, 0) is 10.1 Å². The molecule has 0 aliphatic rings. The Bertz CT molecular complexity index is 105. The first-order valence-corrected chi connectivity index (χ1v) is 6.81. The fraction of sp³-hybridized carbons (Fsp3) is 1.00. The fourth-order valence-corrected chi connectivity index (χ4v) is 0. The van der Waals surface area contributed by atoms with Gasteiger partial charge in [0.25, 0.3) is 0 Å². The maximum Gasteiger partial charge on any atom is 0.235 e. The molecule has 0 amide bonds. The van der Waals surface area contributed by atoms with Crippen molar-refractivity contribution in [1.29, 1.82) is 0 Å². The molecule has 7 heavy (non-hydrogen) atoms. The molecule has 2 nitrogen and oxygen atoms in total. The third kappa shape index (κ3) is 3.56. The zero-order valence-corrected chi connectivity index (χ0v) is 6.59. The van der Waals surface area contributed by atoms with Gasteiger partial charge >= 0.3 is 0 Å². The molecule has 0 radical (unpaired) electrons. The minimum atomic E-state index is -2.99. The highest BCUT2D eigenvalue weighted by atomic mass is 35.7. The van der Waals surface area contributed by atoms with Crippen LogP contribution in [0.1, 0.15) is 0 Å². The molecule has 0 atom stereocenters. The Kier molecular flexibility index (Phi) is 2.87. The van der Waals surface area contributed by atoms with Crippen LogP contribution in [0.2, 0.25) is 0 Å². The lowest BCUT2D eigenvalue weighted by Crippen LogP contribution is -1.80. The molecule has 0 saturated carbocycles. The predicted octanol–water partition coefficient (Wildman–Crippen LogP) is 0.765. The molecule has 0 bridgehead atoms. The molecule has 5 heteroatoms. The average Bonchev–Trinajstić information content (AvgIpc) is 1.31. The topological polar surface area (TPSA) is 40.5 Å². The third-order valence-electron chi connectivity index (χ3n) is 0.465. The molecule has 0 heterocycles. The Morgan fingerprint density at radius 1 is 1.43 bits per heavy atom. The first kappa shape index (κ1) is 7.99. The van der Waals surface area contributed by atoms with Crippen LogP contribution in [0.3, 0.4) is 0 Å². The molecule has 2 N–H and O–H groups in total. The van der Waals surface area contributed by atoms with Crippen molar-refractivity contribution in [3.8, 4) is 0 Å². The molecule has 0 aromatic heterocycles. The van der Waals surface area contributed by atoms with Crippen LogP contribution in [0.5, 0.6) is 0 Å². The van der Waals surface area contributed by atoms with E-state index in [9.17, 15) is 0 Å². The number of rotatable bonds is 0. The monoisotopic (exact) mass is 162 g/mol. The van der Waals surface area contributed by atoms with Gasteiger partial charge in [-0.1, -0.05) is 0 Å². The molecule has 0 rings (SSSR count). The Morgan fingerprint density at radius 3 is 1.57 bits per heavy atom. The summed E-state index contributed by atoms with van der Waals surface area (Å²) in [7, 11) is -0.445. The Hall–Kier alpha value is 0.990. The van der Waals surface area contributed by atoms with Gasteiger partial charge in [0.05, 0.1) is 0 Å². The third-order valence-corrected chi connectivity index (χ3v) is 6.67. The highest BCUT2D eigenvalue weighted by Gasteiger charge is 2.01. The minimum Gasteiger partial charge on any atom is -0.338 e. The highest BCUT2D eigenvalue weighted by molar-refractivity contribution is 8.36. The summed E-state index contributed by atoms with van der Waals surface area (Å²) >= 11 is 5.10. The molecule has 0 aromatic rings. The van der Waals surface area contributed by atoms with Crippen molar-refractivity contribution >= 4 is 27.2 Å². The van der Waals surface area contributed by atoms with Crippen LogP contribution in [0.25, 0.3) is 0 Å². The Labute approximate surface area is 50.0 Å². The van der Waals surface area contributed by atoms with Crippen molar-refractivity contribution in [2.24, 2.45) is 0 Å². The van der Waals surface area contributed by atoms with Crippen LogP contribution < -0.4 is 0 Å². The first-order valence-electron chi connectivity index (χ1n) is 1.57. The molecule has 0 spiro atoms. The lowest BCUT2D eigenvalue weighted by Gasteiger charge is -2.02. The van der Waals surface area contributed by atoms with Gasteiger partial charge in [-0.15, -0.1) is 10.1 Å². The van der Waals surface area contributed by atoms with Gasteiger partial charge in [0, 0.05) is 0 Å². The van der Waals surface area contributed by atoms with Crippen molar-refractivity contribution < 1.29 is 9.79 Å². The zero-order valence-electron chi connectivity index (χ0n) is 4.13. The van der Waals surface area contributed by atoms with Crippen LogP contribution in [0.15, 0.2) is 0 Å². The molecule has 0 unspecified atom stereocenters. The van der Waals surface area contributed by atoms with E-state index in [4.69, 9.17) is 21.0 Å². The number of hydrogen-bond donors (Lipinski definition) is 2. The summed E-state index contributed by atoms with van der Waals surface area (Å²) < 4.78 is 0. The molecule has 0 aromatic carbocycles. The van der Waals surface area contributed by atoms with Crippen LogP contribution in [0, 0.1) is 0 Å². The van der Waals surface area contributed by atoms with E-state index in [1.807, 2.05) is 0 Å². The van der Waals surface area contributed by atoms with E-state index in [2.05, 4.69) is 0 Å². The van der Waals surface area contributed by atoms with E-state index in [0.29, 0.717) is 0 Å². The van der Waals surface area contributed by atoms with Crippen LogP contribution >= 0.6 is 17.1 Å². The molecule has 0 aliphatic carbocycles. The van der Waals surface area contributed by atoms with E-state index in [-0.39, 0.29) is 0 Å². The van der Waals surface area contributed by atoms with Crippen molar-refractivity contribution in [1.82, 2.24) is 0 Å². The first-order chi connectivity index (χ1) is 2.94. The van der Waals surface area contributed by atoms with E-state index in [0.717, 1.165) is 0 Å². The molecular weight excluding hydrogens is 155 g/mol. The van der Waals surface area contributed by atoms with Crippen molar-refractivity contribution in [3.63, 3.8) is 0 Å². The summed E-state index contributed by atoms with van der Waals surface area (Å²) in [6.45, 7) is 0. The fourth-order valence-electron chi connectivity index (χ4n) is 0. The van der Waals surface area contributed by atoms with Gasteiger partial charge < -0.3 is 9.79 Å². The summed E-state index contributed by atoms with van der Waals surface area (Å²) in [5, 5.41) is 0. The summed E-state index contributed by atoms with van der Waals surface area (Å²) in [5.41, 5.74) is 0. The second-order valence-electron chi connectivity index (χ2n) is 1.25. The van der Waals surface area contributed by atoms with Gasteiger partial charge in [-0.2, -0.15) is 0 Å². The lowest BCUT2D eigenvalue weighted by atomic mass is 11.9. The Balaban J connectivity index is 4.28. The van der Waals surface area contributed by atoms with E-state index < -0.39 is 15.9 Å². The lowest BCUT2D eigenvalue weighted by molar-refractivity contribution is 0.500. The van der Waals surface area contributed by atoms with Gasteiger partial charge in [-0.25, -0.2) is 0 Å². The largest absolute Gasteiger partial charge is 0.338 e. The maximum absolute atomic E-state index is 8.54. The number of hydrogen-bond acceptors (Lipinski definition) is 0. The summed E-state index contributed by atoms with van der Waals surface area (Å²) in [6.07, 6.45) is 3.39. The van der Waals surface area contributed by atoms with Gasteiger partial charge in [-0.3, -0.25) is 0 Å². The van der Waals surface area contributed by atoms with Gasteiger partial charge in [0.15, 0.2) is 0 Å². The van der Waals surface area contributed by atoms with E-state index in [1.165, 1.54) is 0 Å². The highest BCUT2D eigenvalue weighted by Crippen LogP contribution is 2.45. The quantitative estimate of drug-likeness (QED) is 0.517. The molecule has 0 aliphatic heterocycles. The summed E-state index contributed by atoms with van der Waals surface area (Å²) in [6, 6.07) is 0. The summed E-state index contributed by atoms with van der Waals surface area (Å²) in [4.78, 5) is 17.1. The predicted molar refractivity (Wildman–Crippen MR) is 36.4 cm³/mol. The maximum atomic E-state index is 8.54. The van der Waals surface area contributed by atoms with Crippen molar-refractivity contribution in [2.75, 3.05) is 12.5 Å². The minimum absolute atomic E-state index is 0.445. The molecule has 0 fully saturated rings. The normalized spacial score (nSPS) is 12.9. The van der Waals surface area contributed by atoms with Gasteiger partial charge in [0.1, 0.15) is 0 Å². The van der Waals surface area contributed by atoms with Crippen LogP contribution in [-0.4, -0.2) is 22.3 Å². The van der Waals surface area contributed by atoms with E-state index in [1.54, 1.807) is 12.5 Å². The SMILES string of the molecule is CS(C)=P(O)(O)Cl. The summed E-state index contributed by atoms with van der Waals surface area (Å²) in [5.74, 6) is -2.99. The van der Waals surface area contributed by atoms with Crippen molar-refractivity contribution in [3.05, 3.63) is 0 Å². The van der Waals surface area contributed by atoms with E-state index >= 15 is 0 Å². The molecule has 0 saturated heterocycles. The average molecular weight is 163 g/mol. The Morgan fingerprint density at radius 2 is 1.57 bits per heavy atom. The second-order valence-corrected chi connectivity index (χ2v) is 9.47. The number of halogens is 1. The van der Waals surface area contributed by atoms with Crippen molar-refractivity contribution in [2.45, 2.75) is 0 Å². The van der Waals surface area contributed by atoms with Crippen LogP contribution in [0.4, 0.5) is 0 Å². The van der Waals surface area contributed by atoms with Gasteiger partial charge in [-0.05, 0) is 23.8 Å². The second kappa shape index (κ2) is 2.51. The zero-order chi connectivity index (χ0) is 6.08. The molecule has 46 valence electrons. The molecular formula is C2H8ClO2PS. The van der Waals surface area contributed by atoms with Gasteiger partial charge in [0.2, 0.25) is 5.84 Å². The smallest absolute Gasteiger partial charge is 0.235 e. The standard InChI is InChI=1S/C2H8ClO2PS/c1-7(2)6(3,4)5/h4-5H,1-2H3.